The lowest BCUT2D eigenvalue weighted by Gasteiger charge is -1.91. The van der Waals surface area contributed by atoms with Crippen molar-refractivity contribution in [1.82, 2.24) is 5.16 Å². The van der Waals surface area contributed by atoms with Gasteiger partial charge in [-0.3, -0.25) is 0 Å². The van der Waals surface area contributed by atoms with Gasteiger partial charge in [-0.2, -0.15) is 0 Å². The first-order valence-corrected chi connectivity index (χ1v) is 5.06. The molecule has 0 fully saturated rings. The highest BCUT2D eigenvalue weighted by Crippen LogP contribution is 2.21. The Labute approximate surface area is 97.1 Å². The van der Waals surface area contributed by atoms with E-state index in [0.717, 1.165) is 5.56 Å². The summed E-state index contributed by atoms with van der Waals surface area (Å²) in [5.74, 6) is 0.691. The fourth-order valence-corrected chi connectivity index (χ4v) is 1.43. The molecule has 0 unspecified atom stereocenters. The lowest BCUT2D eigenvalue weighted by Crippen LogP contribution is -1.70. The maximum atomic E-state index is 5.51. The van der Waals surface area contributed by atoms with Gasteiger partial charge in [-0.05, 0) is 6.08 Å². The second-order valence-electron chi connectivity index (χ2n) is 2.92. The van der Waals surface area contributed by atoms with E-state index in [9.17, 15) is 0 Å². The molecule has 0 spiro atoms. The standard InChI is InChI=1S/C11H7Cl2NO/c12-11(13)7-9-6-10(15-14-9)8-4-2-1-3-5-8/h1-7H. The van der Waals surface area contributed by atoms with Crippen molar-refractivity contribution < 1.29 is 4.52 Å². The maximum absolute atomic E-state index is 5.51. The van der Waals surface area contributed by atoms with Gasteiger partial charge in [0.15, 0.2) is 5.76 Å². The van der Waals surface area contributed by atoms with Crippen molar-refractivity contribution in [3.63, 3.8) is 0 Å². The minimum atomic E-state index is 0.155. The van der Waals surface area contributed by atoms with Gasteiger partial charge in [0.2, 0.25) is 0 Å². The summed E-state index contributed by atoms with van der Waals surface area (Å²) >= 11 is 11.0. The molecule has 0 amide bonds. The average Bonchev–Trinajstić information content (AvgIpc) is 2.67. The summed E-state index contributed by atoms with van der Waals surface area (Å²) in [5, 5.41) is 3.81. The van der Waals surface area contributed by atoms with Crippen molar-refractivity contribution in [2.75, 3.05) is 0 Å². The van der Waals surface area contributed by atoms with Crippen LogP contribution in [0.25, 0.3) is 17.4 Å². The molecule has 0 saturated heterocycles. The number of nitrogens with zero attached hydrogens (tertiary/aromatic N) is 1. The van der Waals surface area contributed by atoms with Crippen molar-refractivity contribution in [2.24, 2.45) is 0 Å². The Morgan fingerprint density at radius 2 is 1.93 bits per heavy atom. The number of halogens is 2. The van der Waals surface area contributed by atoms with Crippen LogP contribution in [-0.2, 0) is 0 Å². The molecule has 0 aliphatic rings. The van der Waals surface area contributed by atoms with Crippen LogP contribution >= 0.6 is 23.2 Å². The molecule has 0 aliphatic carbocycles. The van der Waals surface area contributed by atoms with E-state index in [4.69, 9.17) is 27.7 Å². The van der Waals surface area contributed by atoms with E-state index in [0.29, 0.717) is 11.5 Å². The third-order valence-corrected chi connectivity index (χ3v) is 2.06. The highest BCUT2D eigenvalue weighted by Gasteiger charge is 2.04. The van der Waals surface area contributed by atoms with Crippen LogP contribution in [0.4, 0.5) is 0 Å². The molecule has 0 aliphatic heterocycles. The van der Waals surface area contributed by atoms with E-state index in [2.05, 4.69) is 5.16 Å². The lowest BCUT2D eigenvalue weighted by molar-refractivity contribution is 0.430. The number of rotatable bonds is 2. The molecule has 0 radical (unpaired) electrons. The third-order valence-electron chi connectivity index (χ3n) is 1.84. The van der Waals surface area contributed by atoms with E-state index in [1.54, 1.807) is 6.07 Å². The molecular weight excluding hydrogens is 233 g/mol. The van der Waals surface area contributed by atoms with Crippen LogP contribution in [0.1, 0.15) is 5.69 Å². The van der Waals surface area contributed by atoms with Gasteiger partial charge in [-0.15, -0.1) is 0 Å². The summed E-state index contributed by atoms with van der Waals surface area (Å²) < 4.78 is 5.30. The van der Waals surface area contributed by atoms with Crippen LogP contribution in [-0.4, -0.2) is 5.16 Å². The van der Waals surface area contributed by atoms with Gasteiger partial charge in [0.25, 0.3) is 0 Å². The third kappa shape index (κ3) is 2.61. The molecule has 1 aromatic heterocycles. The van der Waals surface area contributed by atoms with Gasteiger partial charge in [0.1, 0.15) is 10.2 Å². The van der Waals surface area contributed by atoms with Gasteiger partial charge >= 0.3 is 0 Å². The first-order valence-electron chi connectivity index (χ1n) is 4.30. The summed E-state index contributed by atoms with van der Waals surface area (Å²) in [7, 11) is 0. The molecule has 15 heavy (non-hydrogen) atoms. The molecule has 1 aromatic carbocycles. The first kappa shape index (κ1) is 10.3. The first-order chi connectivity index (χ1) is 7.25. The Kier molecular flexibility index (Phi) is 3.09. The summed E-state index contributed by atoms with van der Waals surface area (Å²) in [6.07, 6.45) is 1.53. The van der Waals surface area contributed by atoms with Gasteiger partial charge in [0, 0.05) is 11.6 Å². The summed E-state index contributed by atoms with van der Waals surface area (Å²) in [6, 6.07) is 11.5. The smallest absolute Gasteiger partial charge is 0.167 e. The van der Waals surface area contributed by atoms with E-state index in [-0.39, 0.29) is 4.49 Å². The van der Waals surface area contributed by atoms with Crippen LogP contribution < -0.4 is 0 Å². The zero-order valence-electron chi connectivity index (χ0n) is 7.65. The summed E-state index contributed by atoms with van der Waals surface area (Å²) in [5.41, 5.74) is 1.57. The van der Waals surface area contributed by atoms with Crippen LogP contribution in [0.15, 0.2) is 45.4 Å². The Morgan fingerprint density at radius 3 is 2.60 bits per heavy atom. The molecule has 0 N–H and O–H groups in total. The Balaban J connectivity index is 2.32. The van der Waals surface area contributed by atoms with Crippen LogP contribution in [0, 0.1) is 0 Å². The maximum Gasteiger partial charge on any atom is 0.167 e. The molecule has 2 nitrogen and oxygen atoms in total. The molecule has 4 heteroatoms. The molecule has 0 saturated carbocycles. The molecule has 2 rings (SSSR count). The van der Waals surface area contributed by atoms with Crippen LogP contribution in [0.2, 0.25) is 0 Å². The predicted molar refractivity (Wildman–Crippen MR) is 61.6 cm³/mol. The van der Waals surface area contributed by atoms with E-state index in [1.807, 2.05) is 30.3 Å². The second kappa shape index (κ2) is 4.51. The number of benzene rings is 1. The molecule has 2 aromatic rings. The Bertz CT molecular complexity index is 472. The fourth-order valence-electron chi connectivity index (χ4n) is 1.21. The van der Waals surface area contributed by atoms with Crippen molar-refractivity contribution >= 4 is 29.3 Å². The molecular formula is C11H7Cl2NO. The average molecular weight is 240 g/mol. The zero-order chi connectivity index (χ0) is 10.7. The summed E-state index contributed by atoms with van der Waals surface area (Å²) in [6.45, 7) is 0. The van der Waals surface area contributed by atoms with E-state index in [1.165, 1.54) is 6.08 Å². The second-order valence-corrected chi connectivity index (χ2v) is 3.92. The van der Waals surface area contributed by atoms with Gasteiger partial charge < -0.3 is 4.52 Å². The van der Waals surface area contributed by atoms with Crippen molar-refractivity contribution in [1.29, 1.82) is 0 Å². The lowest BCUT2D eigenvalue weighted by atomic mass is 10.2. The minimum Gasteiger partial charge on any atom is -0.356 e. The Morgan fingerprint density at radius 1 is 1.20 bits per heavy atom. The van der Waals surface area contributed by atoms with Crippen LogP contribution in [0.3, 0.4) is 0 Å². The zero-order valence-corrected chi connectivity index (χ0v) is 9.16. The van der Waals surface area contributed by atoms with Gasteiger partial charge in [0.05, 0.1) is 0 Å². The van der Waals surface area contributed by atoms with Crippen molar-refractivity contribution in [2.45, 2.75) is 0 Å². The number of hydrogen-bond donors (Lipinski definition) is 0. The fraction of sp³-hybridized carbons (Fsp3) is 0. The SMILES string of the molecule is ClC(Cl)=Cc1cc(-c2ccccc2)on1. The number of aromatic nitrogens is 1. The molecule has 1 heterocycles. The normalized spacial score (nSPS) is 10.0. The van der Waals surface area contributed by atoms with Gasteiger partial charge in [-0.25, -0.2) is 0 Å². The molecule has 76 valence electrons. The van der Waals surface area contributed by atoms with Gasteiger partial charge in [-0.1, -0.05) is 58.7 Å². The largest absolute Gasteiger partial charge is 0.356 e. The Hall–Kier alpha value is -1.25. The highest BCUT2D eigenvalue weighted by molar-refractivity contribution is 6.57. The molecule has 0 bridgehead atoms. The van der Waals surface area contributed by atoms with Crippen LogP contribution in [0.5, 0.6) is 0 Å². The van der Waals surface area contributed by atoms with E-state index < -0.39 is 0 Å². The predicted octanol–water partition coefficient (Wildman–Crippen LogP) is 4.12. The number of hydrogen-bond acceptors (Lipinski definition) is 2. The monoisotopic (exact) mass is 239 g/mol. The quantitative estimate of drug-likeness (QED) is 0.789. The highest BCUT2D eigenvalue weighted by atomic mass is 35.5. The van der Waals surface area contributed by atoms with Crippen molar-refractivity contribution in [3.8, 4) is 11.3 Å². The summed E-state index contributed by atoms with van der Waals surface area (Å²) in [4.78, 5) is 0. The van der Waals surface area contributed by atoms with E-state index >= 15 is 0 Å². The minimum absolute atomic E-state index is 0.155. The molecule has 0 atom stereocenters. The van der Waals surface area contributed by atoms with Crippen molar-refractivity contribution in [3.05, 3.63) is 46.6 Å². The topological polar surface area (TPSA) is 26.0 Å².